The first kappa shape index (κ1) is 12.9. The van der Waals surface area contributed by atoms with Gasteiger partial charge in [0.25, 0.3) is 0 Å². The highest BCUT2D eigenvalue weighted by molar-refractivity contribution is 7.90. The molecule has 18 heavy (non-hydrogen) atoms. The first-order chi connectivity index (χ1) is 8.67. The van der Waals surface area contributed by atoms with E-state index in [4.69, 9.17) is 4.74 Å². The van der Waals surface area contributed by atoms with Gasteiger partial charge in [-0.15, -0.1) is 0 Å². The Balaban J connectivity index is 1.52. The number of sulfonamides is 1. The third-order valence-corrected chi connectivity index (χ3v) is 6.62. The van der Waals surface area contributed by atoms with Crippen molar-refractivity contribution >= 4 is 10.0 Å². The molecule has 4 nitrogen and oxygen atoms in total. The molecule has 1 heterocycles. The molecule has 104 valence electrons. The molecular weight excluding hydrogens is 250 g/mol. The number of hydrogen-bond donors (Lipinski definition) is 1. The normalized spacial score (nSPS) is 37.9. The van der Waals surface area contributed by atoms with Crippen LogP contribution in [0.4, 0.5) is 0 Å². The van der Waals surface area contributed by atoms with Crippen molar-refractivity contribution in [3.05, 3.63) is 0 Å². The first-order valence-corrected chi connectivity index (χ1v) is 8.80. The number of hydrogen-bond acceptors (Lipinski definition) is 3. The second-order valence-electron chi connectivity index (χ2n) is 6.05. The number of nitrogens with one attached hydrogen (secondary N) is 1. The smallest absolute Gasteiger partial charge is 0.217 e. The average Bonchev–Trinajstić information content (AvgIpc) is 2.91. The van der Waals surface area contributed by atoms with Crippen LogP contribution < -0.4 is 4.72 Å². The summed E-state index contributed by atoms with van der Waals surface area (Å²) in [6.45, 7) is 0.957. The lowest BCUT2D eigenvalue weighted by molar-refractivity contribution is 0.198. The van der Waals surface area contributed by atoms with Gasteiger partial charge in [0.2, 0.25) is 10.0 Å². The average molecular weight is 273 g/mol. The van der Waals surface area contributed by atoms with Gasteiger partial charge in [0.15, 0.2) is 0 Å². The molecular formula is C13H23NO3S. The maximum Gasteiger partial charge on any atom is 0.217 e. The predicted octanol–water partition coefficient (Wildman–Crippen LogP) is 1.66. The van der Waals surface area contributed by atoms with E-state index in [0.29, 0.717) is 25.6 Å². The lowest BCUT2D eigenvalue weighted by Crippen LogP contribution is -2.37. The lowest BCUT2D eigenvalue weighted by atomic mass is 9.86. The molecule has 3 rings (SSSR count). The van der Waals surface area contributed by atoms with Crippen LogP contribution in [0.2, 0.25) is 0 Å². The van der Waals surface area contributed by atoms with Crippen molar-refractivity contribution in [1.82, 2.24) is 4.72 Å². The molecule has 3 aliphatic rings. The van der Waals surface area contributed by atoms with E-state index in [9.17, 15) is 8.42 Å². The molecule has 0 aromatic carbocycles. The van der Waals surface area contributed by atoms with E-state index in [-0.39, 0.29) is 11.3 Å². The van der Waals surface area contributed by atoms with Crippen LogP contribution in [0.15, 0.2) is 0 Å². The maximum absolute atomic E-state index is 12.1. The Hall–Kier alpha value is -0.130. The summed E-state index contributed by atoms with van der Waals surface area (Å²) < 4.78 is 32.3. The zero-order chi connectivity index (χ0) is 12.6. The van der Waals surface area contributed by atoms with Gasteiger partial charge in [0.05, 0.1) is 6.61 Å². The Kier molecular flexibility index (Phi) is 3.65. The van der Waals surface area contributed by atoms with Crippen molar-refractivity contribution in [1.29, 1.82) is 0 Å². The van der Waals surface area contributed by atoms with Gasteiger partial charge in [-0.2, -0.15) is 0 Å². The van der Waals surface area contributed by atoms with E-state index >= 15 is 0 Å². The van der Waals surface area contributed by atoms with Gasteiger partial charge in [-0.25, -0.2) is 13.1 Å². The van der Waals surface area contributed by atoms with Crippen molar-refractivity contribution in [2.24, 2.45) is 11.8 Å². The summed E-state index contributed by atoms with van der Waals surface area (Å²) in [5.74, 6) is 1.38. The largest absolute Gasteiger partial charge is 0.380 e. The van der Waals surface area contributed by atoms with Crippen molar-refractivity contribution < 1.29 is 13.2 Å². The Labute approximate surface area is 110 Å². The Morgan fingerprint density at radius 2 is 1.83 bits per heavy atom. The fourth-order valence-corrected chi connectivity index (χ4v) is 5.07. The molecule has 3 fully saturated rings. The minimum absolute atomic E-state index is 0.221. The van der Waals surface area contributed by atoms with Gasteiger partial charge in [-0.05, 0) is 24.7 Å². The van der Waals surface area contributed by atoms with E-state index in [0.717, 1.165) is 12.3 Å². The van der Waals surface area contributed by atoms with E-state index in [1.807, 2.05) is 0 Å². The van der Waals surface area contributed by atoms with E-state index in [1.165, 1.54) is 32.1 Å². The zero-order valence-electron chi connectivity index (χ0n) is 10.8. The van der Waals surface area contributed by atoms with Crippen LogP contribution in [0.3, 0.4) is 0 Å². The Morgan fingerprint density at radius 1 is 1.06 bits per heavy atom. The van der Waals surface area contributed by atoms with Crippen molar-refractivity contribution in [2.45, 2.75) is 56.2 Å². The van der Waals surface area contributed by atoms with Crippen LogP contribution in [-0.4, -0.2) is 32.9 Å². The Morgan fingerprint density at radius 3 is 2.50 bits per heavy atom. The SMILES string of the molecule is O=S(=O)(NC1CC1C1CCCCC1)C1CCOC1. The maximum atomic E-state index is 12.1. The van der Waals surface area contributed by atoms with Gasteiger partial charge < -0.3 is 4.74 Å². The first-order valence-electron chi connectivity index (χ1n) is 7.26. The standard InChI is InChI=1S/C13H23NO3S/c15-18(16,11-6-7-17-9-11)14-13-8-12(13)10-4-2-1-3-5-10/h10-14H,1-9H2. The summed E-state index contributed by atoms with van der Waals surface area (Å²) in [5, 5.41) is -0.315. The van der Waals surface area contributed by atoms with Gasteiger partial charge >= 0.3 is 0 Å². The number of ether oxygens (including phenoxy) is 1. The van der Waals surface area contributed by atoms with Gasteiger partial charge in [-0.1, -0.05) is 32.1 Å². The monoisotopic (exact) mass is 273 g/mol. The highest BCUT2D eigenvalue weighted by atomic mass is 32.2. The highest BCUT2D eigenvalue weighted by Crippen LogP contribution is 2.44. The van der Waals surface area contributed by atoms with Crippen LogP contribution in [-0.2, 0) is 14.8 Å². The molecule has 0 aromatic rings. The fourth-order valence-electron chi connectivity index (χ4n) is 3.50. The zero-order valence-corrected chi connectivity index (χ0v) is 11.6. The summed E-state index contributed by atoms with van der Waals surface area (Å²) in [6.07, 6.45) is 8.33. The van der Waals surface area contributed by atoms with Crippen LogP contribution >= 0.6 is 0 Å². The molecule has 0 spiro atoms. The minimum Gasteiger partial charge on any atom is -0.380 e. The summed E-state index contributed by atoms with van der Waals surface area (Å²) >= 11 is 0. The molecule has 2 saturated carbocycles. The molecule has 3 unspecified atom stereocenters. The molecule has 5 heteroatoms. The quantitative estimate of drug-likeness (QED) is 0.847. The van der Waals surface area contributed by atoms with Crippen LogP contribution in [0.1, 0.15) is 44.9 Å². The molecule has 0 bridgehead atoms. The topological polar surface area (TPSA) is 55.4 Å². The molecule has 1 saturated heterocycles. The van der Waals surface area contributed by atoms with Gasteiger partial charge in [0.1, 0.15) is 5.25 Å². The molecule has 2 aliphatic carbocycles. The van der Waals surface area contributed by atoms with E-state index in [1.54, 1.807) is 0 Å². The van der Waals surface area contributed by atoms with Crippen molar-refractivity contribution in [3.63, 3.8) is 0 Å². The van der Waals surface area contributed by atoms with Crippen LogP contribution in [0, 0.1) is 11.8 Å². The molecule has 3 atom stereocenters. The molecule has 0 amide bonds. The van der Waals surface area contributed by atoms with E-state index in [2.05, 4.69) is 4.72 Å². The van der Waals surface area contributed by atoms with E-state index < -0.39 is 10.0 Å². The third-order valence-electron chi connectivity index (χ3n) is 4.74. The molecule has 1 N–H and O–H groups in total. The summed E-state index contributed by atoms with van der Waals surface area (Å²) in [6, 6.07) is 0.221. The summed E-state index contributed by atoms with van der Waals surface area (Å²) in [7, 11) is -3.14. The third kappa shape index (κ3) is 2.73. The summed E-state index contributed by atoms with van der Waals surface area (Å²) in [5.41, 5.74) is 0. The van der Waals surface area contributed by atoms with Crippen LogP contribution in [0.25, 0.3) is 0 Å². The second kappa shape index (κ2) is 5.10. The minimum atomic E-state index is -3.14. The number of rotatable bonds is 4. The van der Waals surface area contributed by atoms with Crippen molar-refractivity contribution in [2.75, 3.05) is 13.2 Å². The van der Waals surface area contributed by atoms with Crippen molar-refractivity contribution in [3.8, 4) is 0 Å². The van der Waals surface area contributed by atoms with Crippen LogP contribution in [0.5, 0.6) is 0 Å². The highest BCUT2D eigenvalue weighted by Gasteiger charge is 2.46. The summed E-state index contributed by atoms with van der Waals surface area (Å²) in [4.78, 5) is 0. The molecule has 0 radical (unpaired) electrons. The Bertz CT molecular complexity index is 383. The fraction of sp³-hybridized carbons (Fsp3) is 1.00. The molecule has 0 aromatic heterocycles. The molecule has 1 aliphatic heterocycles. The van der Waals surface area contributed by atoms with Gasteiger partial charge in [-0.3, -0.25) is 0 Å². The predicted molar refractivity (Wildman–Crippen MR) is 69.7 cm³/mol. The lowest BCUT2D eigenvalue weighted by Gasteiger charge is -2.22. The van der Waals surface area contributed by atoms with Gasteiger partial charge in [0, 0.05) is 12.6 Å². The second-order valence-corrected chi connectivity index (χ2v) is 8.04.